The van der Waals surface area contributed by atoms with E-state index in [-0.39, 0.29) is 6.09 Å². The molecule has 0 radical (unpaired) electrons. The van der Waals surface area contributed by atoms with E-state index in [1.807, 2.05) is 20.8 Å². The molecule has 4 heteroatoms. The topological polar surface area (TPSA) is 62.1 Å². The smallest absolute Gasteiger partial charge is 0.407 e. The molecule has 1 N–H and O–H groups in total. The Hall–Kier alpha value is -1.24. The van der Waals surface area contributed by atoms with Crippen LogP contribution in [0.4, 0.5) is 4.79 Å². The molecule has 0 bridgehead atoms. The summed E-state index contributed by atoms with van der Waals surface area (Å²) in [7, 11) is 0. The van der Waals surface area contributed by atoms with E-state index in [0.717, 1.165) is 19.3 Å². The molecule has 0 rings (SSSR count). The number of rotatable bonds is 5. The molecular weight excluding hydrogens is 192 g/mol. The van der Waals surface area contributed by atoms with Crippen LogP contribution in [0.3, 0.4) is 0 Å². The molecule has 1 amide bonds. The second-order valence-electron chi connectivity index (χ2n) is 4.40. The minimum atomic E-state index is -0.440. The van der Waals surface area contributed by atoms with Crippen molar-refractivity contribution in [3.8, 4) is 6.07 Å². The molecule has 0 saturated carbocycles. The third kappa shape index (κ3) is 10.7. The fourth-order valence-electron chi connectivity index (χ4n) is 1.01. The maximum Gasteiger partial charge on any atom is 0.407 e. The summed E-state index contributed by atoms with van der Waals surface area (Å²) in [6.45, 7) is 6.11. The van der Waals surface area contributed by atoms with E-state index >= 15 is 0 Å². The number of carbonyl (C=O) groups excluding carboxylic acids is 1. The summed E-state index contributed by atoms with van der Waals surface area (Å²) < 4.78 is 5.06. The average Bonchev–Trinajstić information content (AvgIpc) is 2.08. The van der Waals surface area contributed by atoms with Crippen LogP contribution in [0.15, 0.2) is 0 Å². The monoisotopic (exact) mass is 212 g/mol. The average molecular weight is 212 g/mol. The highest BCUT2D eigenvalue weighted by molar-refractivity contribution is 5.67. The highest BCUT2D eigenvalue weighted by atomic mass is 16.6. The first-order chi connectivity index (χ1) is 6.95. The number of hydrogen-bond acceptors (Lipinski definition) is 3. The third-order valence-electron chi connectivity index (χ3n) is 1.63. The standard InChI is InChI=1S/C11H20N2O2/c1-11(2,3)15-10(14)13-9-7-5-4-6-8-12/h4-7,9H2,1-3H3,(H,13,14). The zero-order valence-electron chi connectivity index (χ0n) is 9.80. The van der Waals surface area contributed by atoms with E-state index in [1.54, 1.807) is 0 Å². The number of alkyl carbamates (subject to hydrolysis) is 1. The number of carbonyl (C=O) groups is 1. The SMILES string of the molecule is CC(C)(C)OC(=O)NCCCCCC#N. The van der Waals surface area contributed by atoms with Crippen LogP contribution in [0.2, 0.25) is 0 Å². The summed E-state index contributed by atoms with van der Waals surface area (Å²) in [6.07, 6.45) is 2.96. The Balaban J connectivity index is 3.37. The van der Waals surface area contributed by atoms with Crippen LogP contribution < -0.4 is 5.32 Å². The first-order valence-electron chi connectivity index (χ1n) is 5.29. The van der Waals surface area contributed by atoms with E-state index in [2.05, 4.69) is 11.4 Å². The van der Waals surface area contributed by atoms with Crippen molar-refractivity contribution in [2.24, 2.45) is 0 Å². The molecule has 0 heterocycles. The van der Waals surface area contributed by atoms with Crippen LogP contribution in [-0.4, -0.2) is 18.2 Å². The minimum absolute atomic E-state index is 0.372. The number of unbranched alkanes of at least 4 members (excludes halogenated alkanes) is 3. The van der Waals surface area contributed by atoms with Crippen LogP contribution in [0.5, 0.6) is 0 Å². The normalized spacial score (nSPS) is 10.5. The van der Waals surface area contributed by atoms with Crippen molar-refractivity contribution >= 4 is 6.09 Å². The van der Waals surface area contributed by atoms with Gasteiger partial charge in [0.2, 0.25) is 0 Å². The predicted octanol–water partition coefficient (Wildman–Crippen LogP) is 2.60. The van der Waals surface area contributed by atoms with Crippen molar-refractivity contribution in [3.05, 3.63) is 0 Å². The van der Waals surface area contributed by atoms with Crippen molar-refractivity contribution in [2.75, 3.05) is 6.54 Å². The summed E-state index contributed by atoms with van der Waals surface area (Å²) in [4.78, 5) is 11.2. The van der Waals surface area contributed by atoms with Gasteiger partial charge in [-0.25, -0.2) is 4.79 Å². The largest absolute Gasteiger partial charge is 0.444 e. The Morgan fingerprint density at radius 1 is 1.33 bits per heavy atom. The van der Waals surface area contributed by atoms with Gasteiger partial charge in [-0.05, 0) is 33.6 Å². The molecule has 0 atom stereocenters. The summed E-state index contributed by atoms with van der Waals surface area (Å²) >= 11 is 0. The quantitative estimate of drug-likeness (QED) is 0.712. The number of nitrogens with zero attached hydrogens (tertiary/aromatic N) is 1. The molecule has 86 valence electrons. The molecule has 0 aliphatic rings. The van der Waals surface area contributed by atoms with Crippen LogP contribution in [-0.2, 0) is 4.74 Å². The number of amides is 1. The van der Waals surface area contributed by atoms with Crippen LogP contribution >= 0.6 is 0 Å². The van der Waals surface area contributed by atoms with E-state index in [0.29, 0.717) is 13.0 Å². The summed E-state index contributed by atoms with van der Waals surface area (Å²) in [6, 6.07) is 2.09. The van der Waals surface area contributed by atoms with Crippen molar-refractivity contribution in [1.82, 2.24) is 5.32 Å². The Labute approximate surface area is 91.6 Å². The fourth-order valence-corrected chi connectivity index (χ4v) is 1.01. The van der Waals surface area contributed by atoms with Crippen LogP contribution in [0.25, 0.3) is 0 Å². The maximum atomic E-state index is 11.2. The second kappa shape index (κ2) is 7.10. The Morgan fingerprint density at radius 2 is 2.00 bits per heavy atom. The van der Waals surface area contributed by atoms with Gasteiger partial charge in [-0.2, -0.15) is 5.26 Å². The molecule has 4 nitrogen and oxygen atoms in total. The lowest BCUT2D eigenvalue weighted by molar-refractivity contribution is 0.0527. The van der Waals surface area contributed by atoms with Gasteiger partial charge in [-0.1, -0.05) is 6.42 Å². The van der Waals surface area contributed by atoms with Crippen molar-refractivity contribution in [2.45, 2.75) is 52.1 Å². The molecular formula is C11H20N2O2. The van der Waals surface area contributed by atoms with Gasteiger partial charge in [0.05, 0.1) is 6.07 Å². The van der Waals surface area contributed by atoms with Gasteiger partial charge >= 0.3 is 6.09 Å². The highest BCUT2D eigenvalue weighted by Crippen LogP contribution is 2.06. The van der Waals surface area contributed by atoms with Gasteiger partial charge in [-0.15, -0.1) is 0 Å². The third-order valence-corrected chi connectivity index (χ3v) is 1.63. The lowest BCUT2D eigenvalue weighted by atomic mass is 10.2. The molecule has 0 unspecified atom stereocenters. The summed E-state index contributed by atoms with van der Waals surface area (Å²) in [5.74, 6) is 0. The van der Waals surface area contributed by atoms with Gasteiger partial charge in [-0.3, -0.25) is 0 Å². The number of hydrogen-bond donors (Lipinski definition) is 1. The van der Waals surface area contributed by atoms with Crippen LogP contribution in [0.1, 0.15) is 46.5 Å². The molecule has 0 spiro atoms. The zero-order valence-corrected chi connectivity index (χ0v) is 9.80. The number of nitriles is 1. The van der Waals surface area contributed by atoms with Crippen molar-refractivity contribution in [3.63, 3.8) is 0 Å². The van der Waals surface area contributed by atoms with Crippen molar-refractivity contribution in [1.29, 1.82) is 5.26 Å². The lowest BCUT2D eigenvalue weighted by Crippen LogP contribution is -2.32. The van der Waals surface area contributed by atoms with Gasteiger partial charge in [0, 0.05) is 13.0 Å². The summed E-state index contributed by atoms with van der Waals surface area (Å²) in [5.41, 5.74) is -0.440. The van der Waals surface area contributed by atoms with E-state index < -0.39 is 5.60 Å². The van der Waals surface area contributed by atoms with Gasteiger partial charge < -0.3 is 10.1 Å². The molecule has 15 heavy (non-hydrogen) atoms. The first kappa shape index (κ1) is 13.8. The van der Waals surface area contributed by atoms with Crippen molar-refractivity contribution < 1.29 is 9.53 Å². The molecule has 0 aromatic rings. The maximum absolute atomic E-state index is 11.2. The predicted molar refractivity (Wildman–Crippen MR) is 58.3 cm³/mol. The fraction of sp³-hybridized carbons (Fsp3) is 0.818. The number of ether oxygens (including phenoxy) is 1. The van der Waals surface area contributed by atoms with E-state index in [1.165, 1.54) is 0 Å². The number of nitrogens with one attached hydrogen (secondary N) is 1. The molecule has 0 aliphatic heterocycles. The van der Waals surface area contributed by atoms with Gasteiger partial charge in [0.25, 0.3) is 0 Å². The molecule has 0 aromatic heterocycles. The molecule has 0 fully saturated rings. The molecule has 0 saturated heterocycles. The first-order valence-corrected chi connectivity index (χ1v) is 5.29. The van der Waals surface area contributed by atoms with Crippen LogP contribution in [0, 0.1) is 11.3 Å². The molecule has 0 aliphatic carbocycles. The zero-order chi connectivity index (χ0) is 11.7. The Kier molecular flexibility index (Phi) is 6.52. The Bertz CT molecular complexity index is 226. The minimum Gasteiger partial charge on any atom is -0.444 e. The van der Waals surface area contributed by atoms with E-state index in [9.17, 15) is 4.79 Å². The van der Waals surface area contributed by atoms with Gasteiger partial charge in [0.15, 0.2) is 0 Å². The van der Waals surface area contributed by atoms with E-state index in [4.69, 9.17) is 10.00 Å². The Morgan fingerprint density at radius 3 is 2.53 bits per heavy atom. The highest BCUT2D eigenvalue weighted by Gasteiger charge is 2.15. The molecule has 0 aromatic carbocycles. The summed E-state index contributed by atoms with van der Waals surface area (Å²) in [5, 5.41) is 11.0. The lowest BCUT2D eigenvalue weighted by Gasteiger charge is -2.19. The second-order valence-corrected chi connectivity index (χ2v) is 4.40. The van der Waals surface area contributed by atoms with Gasteiger partial charge in [0.1, 0.15) is 5.60 Å².